The largest absolute Gasteiger partial charge is 0.507 e. The van der Waals surface area contributed by atoms with Gasteiger partial charge in [0.2, 0.25) is 17.8 Å². The number of aliphatic hydroxyl groups excluding tert-OH is 1. The Hall–Kier alpha value is -4.20. The summed E-state index contributed by atoms with van der Waals surface area (Å²) in [5.41, 5.74) is -0.686. The monoisotopic (exact) mass is 592 g/mol. The van der Waals surface area contributed by atoms with E-state index in [-0.39, 0.29) is 17.2 Å². The maximum atomic E-state index is 14.5. The predicted octanol–water partition coefficient (Wildman–Crippen LogP) is 1.26. The number of ether oxygens (including phenoxy) is 1. The summed E-state index contributed by atoms with van der Waals surface area (Å²) in [6, 6.07) is 1.84. The Balaban J connectivity index is 1.71. The molecule has 3 amide bonds. The number of rotatable bonds is 5. The van der Waals surface area contributed by atoms with E-state index in [1.54, 1.807) is 0 Å². The number of phenols is 1. The van der Waals surface area contributed by atoms with Gasteiger partial charge in [-0.2, -0.15) is 13.8 Å². The Morgan fingerprint density at radius 3 is 2.40 bits per heavy atom. The van der Waals surface area contributed by atoms with Crippen LogP contribution in [0.5, 0.6) is 5.75 Å². The molecular weight excluding hydrogens is 561 g/mol. The Bertz CT molecular complexity index is 1370. The number of amides is 3. The first kappa shape index (κ1) is 30.8. The number of nitrogens with one attached hydrogen (secondary N) is 3. The second-order valence-electron chi connectivity index (χ2n) is 10.6. The number of cyclic esters (lactones) is 1. The molecule has 226 valence electrons. The lowest BCUT2D eigenvalue weighted by atomic mass is 9.79. The summed E-state index contributed by atoms with van der Waals surface area (Å²) in [6.07, 6.45) is -1.63. The molecule has 0 spiro atoms. The van der Waals surface area contributed by atoms with Crippen LogP contribution in [-0.2, 0) is 25.5 Å². The predicted molar refractivity (Wildman–Crippen MR) is 139 cm³/mol. The van der Waals surface area contributed by atoms with Crippen LogP contribution in [-0.4, -0.2) is 69.2 Å². The van der Waals surface area contributed by atoms with E-state index in [1.165, 1.54) is 38.1 Å². The minimum absolute atomic E-state index is 0.185. The van der Waals surface area contributed by atoms with Crippen molar-refractivity contribution in [1.82, 2.24) is 20.9 Å². The number of aliphatic hydroxyl groups is 1. The molecule has 2 fully saturated rings. The highest BCUT2D eigenvalue weighted by atomic mass is 19.2. The van der Waals surface area contributed by atoms with Gasteiger partial charge in [0, 0.05) is 5.56 Å². The first-order valence-electron chi connectivity index (χ1n) is 13.5. The maximum absolute atomic E-state index is 14.5. The lowest BCUT2D eigenvalue weighted by molar-refractivity contribution is -0.158. The van der Waals surface area contributed by atoms with Crippen molar-refractivity contribution in [1.29, 1.82) is 0 Å². The standard InChI is InChI=1S/C28H31F3N4O7/c1-12-22(37)18(11-15-10-17(29)24(31)35-23(15)30)32-27(40)20(33-26(39)16-8-3-4-9-19(16)36)13(2)42-28(41)21(34-25(12)38)14-6-5-7-14/h3-4,8-10,12-14,18,20-22,36-37H,5-7,11H2,1-2H3,(H,32,40)(H,33,39)(H,34,38)/t12-,13-,18+,20+,21?,22+/m1/s1. The molecule has 2 aromatic rings. The fourth-order valence-electron chi connectivity index (χ4n) is 4.93. The molecule has 42 heavy (non-hydrogen) atoms. The number of carbonyl (C=O) groups is 4. The Morgan fingerprint density at radius 2 is 1.76 bits per heavy atom. The number of halogens is 3. The fraction of sp³-hybridized carbons (Fsp3) is 0.464. The van der Waals surface area contributed by atoms with Crippen molar-refractivity contribution < 1.29 is 47.3 Å². The molecule has 1 saturated heterocycles. The SMILES string of the molecule is C[C@H]1OC(=O)C(C2CCC2)NC(=O)[C@H](C)[C@H](O)[C@H](Cc2cc(F)c(F)nc2F)NC(=O)[C@H]1NC(=O)c1ccccc1O. The summed E-state index contributed by atoms with van der Waals surface area (Å²) >= 11 is 0. The third-order valence-electron chi connectivity index (χ3n) is 7.73. The maximum Gasteiger partial charge on any atom is 0.329 e. The molecule has 2 aliphatic rings. The third-order valence-corrected chi connectivity index (χ3v) is 7.73. The molecule has 6 atom stereocenters. The molecule has 1 aromatic heterocycles. The number of hydrogen-bond acceptors (Lipinski definition) is 8. The first-order valence-corrected chi connectivity index (χ1v) is 13.5. The number of aromatic nitrogens is 1. The Labute approximate surface area is 238 Å². The molecule has 1 saturated carbocycles. The smallest absolute Gasteiger partial charge is 0.329 e. The Kier molecular flexibility index (Phi) is 9.34. The normalized spacial score (nSPS) is 27.4. The van der Waals surface area contributed by atoms with Gasteiger partial charge in [-0.15, -0.1) is 0 Å². The highest BCUT2D eigenvalue weighted by Gasteiger charge is 2.42. The zero-order chi connectivity index (χ0) is 30.7. The first-order chi connectivity index (χ1) is 19.9. The lowest BCUT2D eigenvalue weighted by Gasteiger charge is -2.37. The second kappa shape index (κ2) is 12.8. The van der Waals surface area contributed by atoms with Gasteiger partial charge < -0.3 is 30.9 Å². The number of phenolic OH excluding ortho intramolecular Hbond substituents is 1. The summed E-state index contributed by atoms with van der Waals surface area (Å²) in [4.78, 5) is 55.7. The van der Waals surface area contributed by atoms with Crippen LogP contribution in [0.4, 0.5) is 13.2 Å². The molecule has 1 aromatic carbocycles. The molecule has 0 radical (unpaired) electrons. The van der Waals surface area contributed by atoms with Crippen molar-refractivity contribution in [2.75, 3.05) is 0 Å². The minimum atomic E-state index is -1.72. The van der Waals surface area contributed by atoms with Gasteiger partial charge >= 0.3 is 5.97 Å². The van der Waals surface area contributed by atoms with Crippen LogP contribution >= 0.6 is 0 Å². The molecule has 11 nitrogen and oxygen atoms in total. The number of aromatic hydroxyl groups is 1. The summed E-state index contributed by atoms with van der Waals surface area (Å²) in [5, 5.41) is 28.7. The van der Waals surface area contributed by atoms with E-state index < -0.39 is 89.6 Å². The summed E-state index contributed by atoms with van der Waals surface area (Å²) in [5.74, 6) is -9.97. The van der Waals surface area contributed by atoms with Crippen LogP contribution in [0, 0.1) is 29.5 Å². The van der Waals surface area contributed by atoms with Crippen molar-refractivity contribution >= 4 is 23.7 Å². The van der Waals surface area contributed by atoms with E-state index in [0.717, 1.165) is 6.42 Å². The third kappa shape index (κ3) is 6.64. The molecule has 4 rings (SSSR count). The zero-order valence-corrected chi connectivity index (χ0v) is 22.8. The number of nitrogens with zero attached hydrogens (tertiary/aromatic N) is 1. The second-order valence-corrected chi connectivity index (χ2v) is 10.6. The summed E-state index contributed by atoms with van der Waals surface area (Å²) in [6.45, 7) is 2.64. The van der Waals surface area contributed by atoms with E-state index in [9.17, 15) is 42.6 Å². The minimum Gasteiger partial charge on any atom is -0.507 e. The summed E-state index contributed by atoms with van der Waals surface area (Å²) < 4.78 is 47.3. The zero-order valence-electron chi connectivity index (χ0n) is 22.8. The Morgan fingerprint density at radius 1 is 1.07 bits per heavy atom. The summed E-state index contributed by atoms with van der Waals surface area (Å²) in [7, 11) is 0. The molecular formula is C28H31F3N4O7. The molecule has 14 heteroatoms. The highest BCUT2D eigenvalue weighted by molar-refractivity contribution is 6.00. The van der Waals surface area contributed by atoms with Gasteiger partial charge in [0.05, 0.1) is 23.6 Å². The van der Waals surface area contributed by atoms with Gasteiger partial charge in [0.1, 0.15) is 23.9 Å². The fourth-order valence-corrected chi connectivity index (χ4v) is 4.93. The van der Waals surface area contributed by atoms with Gasteiger partial charge in [0.25, 0.3) is 11.9 Å². The van der Waals surface area contributed by atoms with Crippen LogP contribution in [0.1, 0.15) is 49.0 Å². The van der Waals surface area contributed by atoms with E-state index >= 15 is 0 Å². The van der Waals surface area contributed by atoms with Crippen molar-refractivity contribution in [2.24, 2.45) is 11.8 Å². The molecule has 1 aliphatic carbocycles. The van der Waals surface area contributed by atoms with Crippen LogP contribution < -0.4 is 16.0 Å². The quantitative estimate of drug-likeness (QED) is 0.256. The number of benzene rings is 1. The van der Waals surface area contributed by atoms with Crippen molar-refractivity contribution in [3.8, 4) is 5.75 Å². The number of esters is 1. The average molecular weight is 593 g/mol. The van der Waals surface area contributed by atoms with Crippen molar-refractivity contribution in [3.63, 3.8) is 0 Å². The van der Waals surface area contributed by atoms with Gasteiger partial charge in [-0.25, -0.2) is 9.18 Å². The lowest BCUT2D eigenvalue weighted by Crippen LogP contribution is -2.61. The van der Waals surface area contributed by atoms with Gasteiger partial charge in [0.15, 0.2) is 5.82 Å². The number of pyridine rings is 1. The van der Waals surface area contributed by atoms with Gasteiger partial charge in [-0.3, -0.25) is 14.4 Å². The topological polar surface area (TPSA) is 167 Å². The number of hydrogen-bond donors (Lipinski definition) is 5. The van der Waals surface area contributed by atoms with E-state index in [1.807, 2.05) is 0 Å². The molecule has 1 unspecified atom stereocenters. The molecule has 1 aliphatic heterocycles. The van der Waals surface area contributed by atoms with Gasteiger partial charge in [-0.05, 0) is 50.3 Å². The van der Waals surface area contributed by atoms with Crippen LogP contribution in [0.15, 0.2) is 30.3 Å². The van der Waals surface area contributed by atoms with Gasteiger partial charge in [-0.1, -0.05) is 25.5 Å². The molecule has 5 N–H and O–H groups in total. The van der Waals surface area contributed by atoms with Crippen molar-refractivity contribution in [2.45, 2.75) is 69.9 Å². The number of para-hydroxylation sites is 1. The number of carbonyl (C=O) groups excluding carboxylic acids is 4. The highest BCUT2D eigenvalue weighted by Crippen LogP contribution is 2.31. The van der Waals surface area contributed by atoms with E-state index in [2.05, 4.69) is 20.9 Å². The molecule has 0 bridgehead atoms. The van der Waals surface area contributed by atoms with E-state index in [0.29, 0.717) is 18.9 Å². The van der Waals surface area contributed by atoms with Crippen LogP contribution in [0.3, 0.4) is 0 Å². The van der Waals surface area contributed by atoms with Crippen LogP contribution in [0.2, 0.25) is 0 Å². The molecule has 2 heterocycles. The van der Waals surface area contributed by atoms with Crippen LogP contribution in [0.25, 0.3) is 0 Å². The average Bonchev–Trinajstić information content (AvgIpc) is 2.91. The van der Waals surface area contributed by atoms with Crippen molar-refractivity contribution in [3.05, 3.63) is 59.2 Å². The van der Waals surface area contributed by atoms with E-state index in [4.69, 9.17) is 4.74 Å².